The lowest BCUT2D eigenvalue weighted by atomic mass is 9.98. The van der Waals surface area contributed by atoms with Gasteiger partial charge in [0.1, 0.15) is 0 Å². The molecule has 0 spiro atoms. The summed E-state index contributed by atoms with van der Waals surface area (Å²) in [6.07, 6.45) is 4.30. The first kappa shape index (κ1) is 13.8. The second-order valence-corrected chi connectivity index (χ2v) is 5.73. The number of carbonyl (C=O) groups is 1. The molecule has 0 aromatic rings. The molecule has 16 heavy (non-hydrogen) atoms. The SMILES string of the molecule is CCCC(O)CNC(=O)CC1CCSCC1. The Bertz CT molecular complexity index is 205. The van der Waals surface area contributed by atoms with Crippen LogP contribution in [0.4, 0.5) is 0 Å². The summed E-state index contributed by atoms with van der Waals surface area (Å²) in [5.74, 6) is 3.05. The Kier molecular flexibility index (Phi) is 6.88. The van der Waals surface area contributed by atoms with Gasteiger partial charge in [-0.15, -0.1) is 0 Å². The molecule has 94 valence electrons. The first-order valence-electron chi connectivity index (χ1n) is 6.25. The molecule has 1 unspecified atom stereocenters. The number of thioether (sulfide) groups is 1. The van der Waals surface area contributed by atoms with E-state index < -0.39 is 0 Å². The zero-order valence-corrected chi connectivity index (χ0v) is 10.9. The van der Waals surface area contributed by atoms with E-state index >= 15 is 0 Å². The van der Waals surface area contributed by atoms with E-state index in [4.69, 9.17) is 0 Å². The molecule has 4 heteroatoms. The average molecular weight is 245 g/mol. The molecular formula is C12H23NO2S. The molecule has 1 atom stereocenters. The van der Waals surface area contributed by atoms with E-state index in [1.165, 1.54) is 11.5 Å². The molecule has 0 aromatic heterocycles. The first-order valence-corrected chi connectivity index (χ1v) is 7.40. The average Bonchev–Trinajstić information content (AvgIpc) is 2.28. The maximum Gasteiger partial charge on any atom is 0.220 e. The largest absolute Gasteiger partial charge is 0.391 e. The van der Waals surface area contributed by atoms with E-state index in [2.05, 4.69) is 5.32 Å². The van der Waals surface area contributed by atoms with Crippen LogP contribution >= 0.6 is 11.8 Å². The van der Waals surface area contributed by atoms with Crippen molar-refractivity contribution < 1.29 is 9.90 Å². The topological polar surface area (TPSA) is 49.3 Å². The minimum Gasteiger partial charge on any atom is -0.391 e. The van der Waals surface area contributed by atoms with Gasteiger partial charge in [-0.3, -0.25) is 4.79 Å². The van der Waals surface area contributed by atoms with Crippen molar-refractivity contribution in [2.24, 2.45) is 5.92 Å². The van der Waals surface area contributed by atoms with Crippen LogP contribution in [0.1, 0.15) is 39.0 Å². The molecule has 0 aliphatic carbocycles. The normalized spacial score (nSPS) is 19.4. The van der Waals surface area contributed by atoms with Gasteiger partial charge in [-0.25, -0.2) is 0 Å². The van der Waals surface area contributed by atoms with Crippen molar-refractivity contribution in [3.63, 3.8) is 0 Å². The number of aliphatic hydroxyl groups excluding tert-OH is 1. The van der Waals surface area contributed by atoms with Crippen molar-refractivity contribution in [1.82, 2.24) is 5.32 Å². The summed E-state index contributed by atoms with van der Waals surface area (Å²) < 4.78 is 0. The van der Waals surface area contributed by atoms with Crippen molar-refractivity contribution in [3.05, 3.63) is 0 Å². The van der Waals surface area contributed by atoms with Crippen molar-refractivity contribution in [2.75, 3.05) is 18.1 Å². The minimum atomic E-state index is -0.379. The summed E-state index contributed by atoms with van der Waals surface area (Å²) in [6, 6.07) is 0. The Balaban J connectivity index is 2.10. The van der Waals surface area contributed by atoms with Crippen LogP contribution < -0.4 is 5.32 Å². The fourth-order valence-electron chi connectivity index (χ4n) is 1.95. The van der Waals surface area contributed by atoms with Gasteiger partial charge in [0.25, 0.3) is 0 Å². The molecule has 3 nitrogen and oxygen atoms in total. The highest BCUT2D eigenvalue weighted by Crippen LogP contribution is 2.24. The number of amides is 1. The zero-order valence-electron chi connectivity index (χ0n) is 10.1. The van der Waals surface area contributed by atoms with Crippen molar-refractivity contribution in [2.45, 2.75) is 45.1 Å². The lowest BCUT2D eigenvalue weighted by molar-refractivity contribution is -0.122. The first-order chi connectivity index (χ1) is 7.72. The Labute approximate surface area is 102 Å². The monoisotopic (exact) mass is 245 g/mol. The van der Waals surface area contributed by atoms with E-state index in [0.717, 1.165) is 25.7 Å². The zero-order chi connectivity index (χ0) is 11.8. The van der Waals surface area contributed by atoms with Crippen LogP contribution in [0.3, 0.4) is 0 Å². The fraction of sp³-hybridized carbons (Fsp3) is 0.917. The molecule has 1 saturated heterocycles. The maximum absolute atomic E-state index is 11.6. The van der Waals surface area contributed by atoms with Crippen LogP contribution in [0, 0.1) is 5.92 Å². The second kappa shape index (κ2) is 7.96. The maximum atomic E-state index is 11.6. The molecule has 1 rings (SSSR count). The Morgan fingerprint density at radius 1 is 1.50 bits per heavy atom. The van der Waals surface area contributed by atoms with Crippen molar-refractivity contribution in [3.8, 4) is 0 Å². The highest BCUT2D eigenvalue weighted by molar-refractivity contribution is 7.99. The van der Waals surface area contributed by atoms with Crippen LogP contribution in [-0.4, -0.2) is 35.2 Å². The Morgan fingerprint density at radius 3 is 2.81 bits per heavy atom. The number of carbonyl (C=O) groups excluding carboxylic acids is 1. The van der Waals surface area contributed by atoms with E-state index in [1.807, 2.05) is 18.7 Å². The Hall–Kier alpha value is -0.220. The van der Waals surface area contributed by atoms with Gasteiger partial charge in [0.05, 0.1) is 6.10 Å². The molecule has 0 saturated carbocycles. The number of rotatable bonds is 6. The number of hydrogen-bond donors (Lipinski definition) is 2. The van der Waals surface area contributed by atoms with Gasteiger partial charge in [0.15, 0.2) is 0 Å². The van der Waals surface area contributed by atoms with Gasteiger partial charge < -0.3 is 10.4 Å². The van der Waals surface area contributed by atoms with Crippen LogP contribution in [0.25, 0.3) is 0 Å². The quantitative estimate of drug-likeness (QED) is 0.750. The van der Waals surface area contributed by atoms with Gasteiger partial charge in [-0.2, -0.15) is 11.8 Å². The summed E-state index contributed by atoms with van der Waals surface area (Å²) in [4.78, 5) is 11.6. The number of aliphatic hydroxyl groups is 1. The third-order valence-corrected chi connectivity index (χ3v) is 4.02. The predicted molar refractivity (Wildman–Crippen MR) is 68.6 cm³/mol. The minimum absolute atomic E-state index is 0.104. The standard InChI is InChI=1S/C12H23NO2S/c1-2-3-11(14)9-13-12(15)8-10-4-6-16-7-5-10/h10-11,14H,2-9H2,1H3,(H,13,15). The molecular weight excluding hydrogens is 222 g/mol. The molecule has 1 aliphatic rings. The molecule has 2 N–H and O–H groups in total. The van der Waals surface area contributed by atoms with Gasteiger partial charge in [-0.1, -0.05) is 13.3 Å². The van der Waals surface area contributed by atoms with Crippen LogP contribution in [0.5, 0.6) is 0 Å². The van der Waals surface area contributed by atoms with Gasteiger partial charge in [-0.05, 0) is 36.7 Å². The molecule has 1 heterocycles. The number of nitrogens with one attached hydrogen (secondary N) is 1. The second-order valence-electron chi connectivity index (χ2n) is 4.51. The smallest absolute Gasteiger partial charge is 0.220 e. The van der Waals surface area contributed by atoms with Crippen molar-refractivity contribution in [1.29, 1.82) is 0 Å². The highest BCUT2D eigenvalue weighted by atomic mass is 32.2. The fourth-order valence-corrected chi connectivity index (χ4v) is 3.16. The molecule has 0 aromatic carbocycles. The van der Waals surface area contributed by atoms with E-state index in [9.17, 15) is 9.90 Å². The van der Waals surface area contributed by atoms with Crippen LogP contribution in [0.15, 0.2) is 0 Å². The van der Waals surface area contributed by atoms with Crippen LogP contribution in [-0.2, 0) is 4.79 Å². The lowest BCUT2D eigenvalue weighted by Gasteiger charge is -2.21. The molecule has 1 fully saturated rings. The molecule has 0 radical (unpaired) electrons. The predicted octanol–water partition coefficient (Wildman–Crippen LogP) is 1.80. The van der Waals surface area contributed by atoms with Gasteiger partial charge in [0.2, 0.25) is 5.91 Å². The van der Waals surface area contributed by atoms with Crippen LogP contribution in [0.2, 0.25) is 0 Å². The summed E-state index contributed by atoms with van der Waals surface area (Å²) in [7, 11) is 0. The molecule has 1 amide bonds. The van der Waals surface area contributed by atoms with E-state index in [-0.39, 0.29) is 12.0 Å². The summed E-state index contributed by atoms with van der Waals surface area (Å²) in [5, 5.41) is 12.3. The third kappa shape index (κ3) is 5.75. The highest BCUT2D eigenvalue weighted by Gasteiger charge is 2.17. The molecule has 1 aliphatic heterocycles. The Morgan fingerprint density at radius 2 is 2.19 bits per heavy atom. The van der Waals surface area contributed by atoms with E-state index in [0.29, 0.717) is 18.9 Å². The van der Waals surface area contributed by atoms with E-state index in [1.54, 1.807) is 0 Å². The molecule has 0 bridgehead atoms. The van der Waals surface area contributed by atoms with Crippen molar-refractivity contribution >= 4 is 17.7 Å². The summed E-state index contributed by atoms with van der Waals surface area (Å²) in [6.45, 7) is 2.44. The summed E-state index contributed by atoms with van der Waals surface area (Å²) >= 11 is 1.98. The third-order valence-electron chi connectivity index (χ3n) is 2.97. The number of hydrogen-bond acceptors (Lipinski definition) is 3. The summed E-state index contributed by atoms with van der Waals surface area (Å²) in [5.41, 5.74) is 0. The lowest BCUT2D eigenvalue weighted by Crippen LogP contribution is -2.33. The van der Waals surface area contributed by atoms with Gasteiger partial charge in [0, 0.05) is 13.0 Å². The van der Waals surface area contributed by atoms with Gasteiger partial charge >= 0.3 is 0 Å².